The second kappa shape index (κ2) is 6.70. The number of H-pyrrole nitrogens is 1. The van der Waals surface area contributed by atoms with Gasteiger partial charge in [-0.3, -0.25) is 9.59 Å². The number of ether oxygens (including phenoxy) is 1. The summed E-state index contributed by atoms with van der Waals surface area (Å²) >= 11 is 0. The molecule has 1 unspecified atom stereocenters. The summed E-state index contributed by atoms with van der Waals surface area (Å²) in [5, 5.41) is 0. The van der Waals surface area contributed by atoms with E-state index >= 15 is 0 Å². The van der Waals surface area contributed by atoms with Crippen molar-refractivity contribution in [2.75, 3.05) is 26.8 Å². The van der Waals surface area contributed by atoms with E-state index < -0.39 is 0 Å². The van der Waals surface area contributed by atoms with Crippen molar-refractivity contribution in [3.05, 3.63) is 33.7 Å². The van der Waals surface area contributed by atoms with Crippen LogP contribution in [0.3, 0.4) is 0 Å². The number of aromatic amines is 1. The summed E-state index contributed by atoms with van der Waals surface area (Å²) in [4.78, 5) is 28.8. The number of carbonyl (C=O) groups excluding carboxylic acids is 1. The van der Waals surface area contributed by atoms with Crippen molar-refractivity contribution >= 4 is 5.91 Å². The van der Waals surface area contributed by atoms with Crippen LogP contribution in [0.15, 0.2) is 16.9 Å². The molecule has 1 aromatic rings. The molecule has 1 fully saturated rings. The molecule has 1 saturated heterocycles. The second-order valence-electron chi connectivity index (χ2n) is 5.45. The lowest BCUT2D eigenvalue weighted by molar-refractivity contribution is 0.0636. The molecule has 0 aromatic carbocycles. The second-order valence-corrected chi connectivity index (χ2v) is 5.45. The quantitative estimate of drug-likeness (QED) is 0.909. The highest BCUT2D eigenvalue weighted by Crippen LogP contribution is 2.20. The summed E-state index contributed by atoms with van der Waals surface area (Å²) in [6, 6.07) is 2.88. The third-order valence-corrected chi connectivity index (χ3v) is 3.74. The number of rotatable bonds is 4. The zero-order chi connectivity index (χ0) is 14.5. The molecule has 0 radical (unpaired) electrons. The first-order valence-corrected chi connectivity index (χ1v) is 7.09. The summed E-state index contributed by atoms with van der Waals surface area (Å²) in [5.74, 6) is 0.414. The molecule has 5 heteroatoms. The number of piperidine rings is 1. The summed E-state index contributed by atoms with van der Waals surface area (Å²) in [7, 11) is 1.70. The lowest BCUT2D eigenvalue weighted by Crippen LogP contribution is -2.40. The van der Waals surface area contributed by atoms with Gasteiger partial charge >= 0.3 is 0 Å². The molecule has 1 aromatic heterocycles. The van der Waals surface area contributed by atoms with E-state index in [2.05, 4.69) is 4.98 Å². The van der Waals surface area contributed by atoms with Crippen LogP contribution in [-0.4, -0.2) is 42.6 Å². The molecule has 5 nitrogen and oxygen atoms in total. The molecule has 2 heterocycles. The van der Waals surface area contributed by atoms with Gasteiger partial charge in [0.2, 0.25) is 0 Å². The fourth-order valence-electron chi connectivity index (χ4n) is 2.74. The molecular weight excluding hydrogens is 256 g/mol. The number of amides is 1. The van der Waals surface area contributed by atoms with Crippen molar-refractivity contribution in [2.45, 2.75) is 26.2 Å². The van der Waals surface area contributed by atoms with Crippen LogP contribution in [0.1, 0.15) is 35.4 Å². The predicted molar refractivity (Wildman–Crippen MR) is 76.9 cm³/mol. The van der Waals surface area contributed by atoms with Crippen LogP contribution in [0, 0.1) is 12.8 Å². The number of methoxy groups -OCH3 is 1. The molecule has 1 aliphatic heterocycles. The van der Waals surface area contributed by atoms with Crippen molar-refractivity contribution in [2.24, 2.45) is 5.92 Å². The molecule has 0 spiro atoms. The zero-order valence-corrected chi connectivity index (χ0v) is 12.1. The van der Waals surface area contributed by atoms with Crippen LogP contribution < -0.4 is 5.43 Å². The van der Waals surface area contributed by atoms with Crippen LogP contribution >= 0.6 is 0 Å². The number of aromatic nitrogens is 1. The number of nitrogens with zero attached hydrogens (tertiary/aromatic N) is 1. The first-order chi connectivity index (χ1) is 9.60. The standard InChI is InChI=1S/C15H22N2O3/c1-11-8-13(18)9-14(16-11)15(19)17-6-3-4-12(10-17)5-7-20-2/h8-9,12H,3-7,10H2,1-2H3,(H,16,18). The number of likely N-dealkylation sites (tertiary alicyclic amines) is 1. The third-order valence-electron chi connectivity index (χ3n) is 3.74. The van der Waals surface area contributed by atoms with Gasteiger partial charge in [0.05, 0.1) is 0 Å². The maximum Gasteiger partial charge on any atom is 0.270 e. The minimum Gasteiger partial charge on any atom is -0.385 e. The summed E-state index contributed by atoms with van der Waals surface area (Å²) in [5.41, 5.74) is 0.980. The fraction of sp³-hybridized carbons (Fsp3) is 0.600. The summed E-state index contributed by atoms with van der Waals surface area (Å²) in [6.45, 7) is 4.03. The number of nitrogens with one attached hydrogen (secondary N) is 1. The van der Waals surface area contributed by atoms with Gasteiger partial charge in [0.25, 0.3) is 5.91 Å². The Bertz CT molecular complexity index is 524. The normalized spacial score (nSPS) is 19.1. The molecule has 1 amide bonds. The van der Waals surface area contributed by atoms with Gasteiger partial charge in [-0.05, 0) is 32.1 Å². The van der Waals surface area contributed by atoms with Gasteiger partial charge in [0.1, 0.15) is 5.69 Å². The average Bonchev–Trinajstić information content (AvgIpc) is 2.43. The lowest BCUT2D eigenvalue weighted by Gasteiger charge is -2.32. The molecule has 0 aliphatic carbocycles. The number of pyridine rings is 1. The van der Waals surface area contributed by atoms with E-state index in [9.17, 15) is 9.59 Å². The Labute approximate surface area is 118 Å². The maximum absolute atomic E-state index is 12.4. The van der Waals surface area contributed by atoms with Gasteiger partial charge in [0.15, 0.2) is 5.43 Å². The number of hydrogen-bond acceptors (Lipinski definition) is 3. The van der Waals surface area contributed by atoms with E-state index in [0.29, 0.717) is 17.3 Å². The Balaban J connectivity index is 2.06. The zero-order valence-electron chi connectivity index (χ0n) is 12.1. The third kappa shape index (κ3) is 3.70. The minimum atomic E-state index is -0.127. The largest absolute Gasteiger partial charge is 0.385 e. The highest BCUT2D eigenvalue weighted by molar-refractivity contribution is 5.92. The van der Waals surface area contributed by atoms with E-state index in [1.807, 2.05) is 4.90 Å². The number of aryl methyl sites for hydroxylation is 1. The predicted octanol–water partition coefficient (Wildman–Crippen LogP) is 1.57. The van der Waals surface area contributed by atoms with E-state index in [1.165, 1.54) is 12.1 Å². The molecule has 1 atom stereocenters. The minimum absolute atomic E-state index is 0.0760. The highest BCUT2D eigenvalue weighted by atomic mass is 16.5. The van der Waals surface area contributed by atoms with Crippen LogP contribution in [0.2, 0.25) is 0 Å². The maximum atomic E-state index is 12.4. The molecular formula is C15H22N2O3. The lowest BCUT2D eigenvalue weighted by atomic mass is 9.95. The number of hydrogen-bond donors (Lipinski definition) is 1. The topological polar surface area (TPSA) is 62.4 Å². The van der Waals surface area contributed by atoms with Crippen LogP contribution in [0.5, 0.6) is 0 Å². The Morgan fingerprint density at radius 2 is 2.30 bits per heavy atom. The van der Waals surface area contributed by atoms with Crippen molar-refractivity contribution in [3.8, 4) is 0 Å². The Hall–Kier alpha value is -1.62. The molecule has 2 rings (SSSR count). The van der Waals surface area contributed by atoms with Crippen molar-refractivity contribution in [1.82, 2.24) is 9.88 Å². The van der Waals surface area contributed by atoms with Gasteiger partial charge in [-0.25, -0.2) is 0 Å². The molecule has 1 N–H and O–H groups in total. The molecule has 1 aliphatic rings. The molecule has 0 saturated carbocycles. The SMILES string of the molecule is COCCC1CCCN(C(=O)c2cc(=O)cc(C)[nH]2)C1. The van der Waals surface area contributed by atoms with Crippen molar-refractivity contribution in [1.29, 1.82) is 0 Å². The Kier molecular flexibility index (Phi) is 4.95. The van der Waals surface area contributed by atoms with E-state index in [0.717, 1.165) is 39.0 Å². The van der Waals surface area contributed by atoms with E-state index in [-0.39, 0.29) is 11.3 Å². The monoisotopic (exact) mass is 278 g/mol. The van der Waals surface area contributed by atoms with Gasteiger partial charge in [-0.2, -0.15) is 0 Å². The first-order valence-electron chi connectivity index (χ1n) is 7.09. The summed E-state index contributed by atoms with van der Waals surface area (Å²) < 4.78 is 5.11. The fourth-order valence-corrected chi connectivity index (χ4v) is 2.74. The van der Waals surface area contributed by atoms with Crippen LogP contribution in [0.4, 0.5) is 0 Å². The average molecular weight is 278 g/mol. The Morgan fingerprint density at radius 1 is 1.50 bits per heavy atom. The molecule has 110 valence electrons. The number of carbonyl (C=O) groups is 1. The van der Waals surface area contributed by atoms with Crippen molar-refractivity contribution < 1.29 is 9.53 Å². The van der Waals surface area contributed by atoms with Crippen LogP contribution in [-0.2, 0) is 4.74 Å². The first kappa shape index (κ1) is 14.8. The Morgan fingerprint density at radius 3 is 3.00 bits per heavy atom. The van der Waals surface area contributed by atoms with Gasteiger partial charge in [-0.1, -0.05) is 0 Å². The molecule has 0 bridgehead atoms. The van der Waals surface area contributed by atoms with E-state index in [4.69, 9.17) is 4.74 Å². The van der Waals surface area contributed by atoms with Gasteiger partial charge in [0, 0.05) is 44.6 Å². The van der Waals surface area contributed by atoms with Gasteiger partial charge < -0.3 is 14.6 Å². The summed E-state index contributed by atoms with van der Waals surface area (Å²) in [6.07, 6.45) is 3.12. The van der Waals surface area contributed by atoms with Gasteiger partial charge in [-0.15, -0.1) is 0 Å². The van der Waals surface area contributed by atoms with Crippen LogP contribution in [0.25, 0.3) is 0 Å². The van der Waals surface area contributed by atoms with Crippen molar-refractivity contribution in [3.63, 3.8) is 0 Å². The molecule has 20 heavy (non-hydrogen) atoms. The smallest absolute Gasteiger partial charge is 0.270 e. The highest BCUT2D eigenvalue weighted by Gasteiger charge is 2.24. The van der Waals surface area contributed by atoms with E-state index in [1.54, 1.807) is 14.0 Å².